The van der Waals surface area contributed by atoms with Crippen molar-refractivity contribution in [3.8, 4) is 0 Å². The molecule has 0 aliphatic carbocycles. The van der Waals surface area contributed by atoms with Crippen molar-refractivity contribution >= 4 is 36.7 Å². The van der Waals surface area contributed by atoms with Crippen molar-refractivity contribution in [1.29, 1.82) is 0 Å². The highest BCUT2D eigenvalue weighted by Crippen LogP contribution is 2.39. The van der Waals surface area contributed by atoms with Crippen molar-refractivity contribution in [2.45, 2.75) is 37.9 Å². The largest absolute Gasteiger partial charge is 0.361 e. The van der Waals surface area contributed by atoms with Crippen LogP contribution in [0.4, 0.5) is 0 Å². The van der Waals surface area contributed by atoms with E-state index >= 15 is 0 Å². The molecular weight excluding hydrogens is 350 g/mol. The Bertz CT molecular complexity index is 764. The molecule has 2 heterocycles. The number of hydrogen-bond acceptors (Lipinski definition) is 2. The number of aromatic nitrogens is 1. The van der Waals surface area contributed by atoms with Crippen LogP contribution < -0.4 is 0 Å². The van der Waals surface area contributed by atoms with Gasteiger partial charge in [-0.3, -0.25) is 0 Å². The Morgan fingerprint density at radius 1 is 1.33 bits per heavy atom. The van der Waals surface area contributed by atoms with E-state index in [0.29, 0.717) is 11.7 Å². The van der Waals surface area contributed by atoms with E-state index in [9.17, 15) is 8.42 Å². The quantitative estimate of drug-likeness (QED) is 0.859. The lowest BCUT2D eigenvalue weighted by molar-refractivity contribution is 0.449. The van der Waals surface area contributed by atoms with Crippen LogP contribution in [0.1, 0.15) is 38.2 Å². The molecular formula is C16H20BrNO2S. The number of hydrogen-bond donors (Lipinski definition) is 1. The van der Waals surface area contributed by atoms with Gasteiger partial charge < -0.3 is 4.98 Å². The lowest BCUT2D eigenvalue weighted by Crippen LogP contribution is -2.35. The number of sulfone groups is 1. The van der Waals surface area contributed by atoms with Gasteiger partial charge in [-0.05, 0) is 48.4 Å². The predicted octanol–water partition coefficient (Wildman–Crippen LogP) is 4.25. The Labute approximate surface area is 134 Å². The van der Waals surface area contributed by atoms with Crippen molar-refractivity contribution in [2.24, 2.45) is 5.92 Å². The van der Waals surface area contributed by atoms with Gasteiger partial charge in [0.05, 0.1) is 11.0 Å². The highest BCUT2D eigenvalue weighted by atomic mass is 79.9. The molecule has 0 radical (unpaired) electrons. The average Bonchev–Trinajstić information content (AvgIpc) is 2.81. The van der Waals surface area contributed by atoms with E-state index in [2.05, 4.69) is 39.2 Å². The normalized spacial score (nSPS) is 25.5. The summed E-state index contributed by atoms with van der Waals surface area (Å²) in [6.45, 7) is 4.02. The van der Waals surface area contributed by atoms with Gasteiger partial charge in [-0.2, -0.15) is 0 Å². The molecule has 1 aromatic heterocycles. The lowest BCUT2D eigenvalue weighted by Gasteiger charge is -2.31. The summed E-state index contributed by atoms with van der Waals surface area (Å²) in [5.41, 5.74) is 2.37. The third-order valence-corrected chi connectivity index (χ3v) is 7.55. The van der Waals surface area contributed by atoms with Crippen LogP contribution in [0.5, 0.6) is 0 Å². The standard InChI is InChI=1S/C16H20BrNO2S/c1-10(2)16-7-11(5-6-21(16,19)20)14-9-18-15-4-3-12(17)8-13(14)15/h3-4,8-11,16,18H,5-7H2,1-2H3/t11-,16+/m0/s1. The van der Waals surface area contributed by atoms with E-state index < -0.39 is 9.84 Å². The Morgan fingerprint density at radius 3 is 2.81 bits per heavy atom. The Morgan fingerprint density at radius 2 is 2.10 bits per heavy atom. The molecule has 1 saturated heterocycles. The number of benzene rings is 1. The van der Waals surface area contributed by atoms with Crippen LogP contribution in [0.25, 0.3) is 10.9 Å². The zero-order valence-corrected chi connectivity index (χ0v) is 14.7. The predicted molar refractivity (Wildman–Crippen MR) is 90.4 cm³/mol. The second-order valence-electron chi connectivity index (χ2n) is 6.30. The Hall–Kier alpha value is -0.810. The first-order valence-electron chi connectivity index (χ1n) is 7.36. The molecule has 3 nitrogen and oxygen atoms in total. The van der Waals surface area contributed by atoms with Gasteiger partial charge in [-0.15, -0.1) is 0 Å². The number of rotatable bonds is 2. The minimum absolute atomic E-state index is 0.176. The summed E-state index contributed by atoms with van der Waals surface area (Å²) in [7, 11) is -2.93. The van der Waals surface area contributed by atoms with Crippen LogP contribution in [-0.4, -0.2) is 24.4 Å². The van der Waals surface area contributed by atoms with Crippen molar-refractivity contribution in [3.63, 3.8) is 0 Å². The summed E-state index contributed by atoms with van der Waals surface area (Å²) in [5, 5.41) is 0.990. The van der Waals surface area contributed by atoms with Crippen LogP contribution >= 0.6 is 15.9 Å². The minimum Gasteiger partial charge on any atom is -0.361 e. The van der Waals surface area contributed by atoms with E-state index in [0.717, 1.165) is 22.8 Å². The van der Waals surface area contributed by atoms with Gasteiger partial charge >= 0.3 is 0 Å². The molecule has 1 N–H and O–H groups in total. The fraction of sp³-hybridized carbons (Fsp3) is 0.500. The topological polar surface area (TPSA) is 49.9 Å². The summed E-state index contributed by atoms with van der Waals surface area (Å²) >= 11 is 3.52. The van der Waals surface area contributed by atoms with E-state index in [1.54, 1.807) is 0 Å². The minimum atomic E-state index is -2.93. The van der Waals surface area contributed by atoms with Crippen molar-refractivity contribution in [2.75, 3.05) is 5.75 Å². The number of halogens is 1. The molecule has 0 unspecified atom stereocenters. The second kappa shape index (κ2) is 5.43. The zero-order chi connectivity index (χ0) is 15.2. The Kier molecular flexibility index (Phi) is 3.91. The van der Waals surface area contributed by atoms with E-state index in [-0.39, 0.29) is 11.2 Å². The van der Waals surface area contributed by atoms with Crippen LogP contribution in [0.2, 0.25) is 0 Å². The third-order valence-electron chi connectivity index (χ3n) is 4.59. The maximum absolute atomic E-state index is 12.2. The van der Waals surface area contributed by atoms with Crippen molar-refractivity contribution in [3.05, 3.63) is 34.4 Å². The molecule has 1 aliphatic heterocycles. The van der Waals surface area contributed by atoms with E-state index in [1.165, 1.54) is 10.9 Å². The lowest BCUT2D eigenvalue weighted by atomic mass is 9.88. The van der Waals surface area contributed by atoms with Gasteiger partial charge in [0.2, 0.25) is 0 Å². The number of aromatic amines is 1. The number of fused-ring (bicyclic) bond motifs is 1. The van der Waals surface area contributed by atoms with Crippen LogP contribution in [0.15, 0.2) is 28.9 Å². The molecule has 3 rings (SSSR count). The summed E-state index contributed by atoms with van der Waals surface area (Å²) in [6, 6.07) is 6.20. The maximum atomic E-state index is 12.2. The highest BCUT2D eigenvalue weighted by Gasteiger charge is 2.37. The first-order chi connectivity index (χ1) is 9.88. The Balaban J connectivity index is 1.98. The smallest absolute Gasteiger partial charge is 0.153 e. The monoisotopic (exact) mass is 369 g/mol. The molecule has 0 spiro atoms. The van der Waals surface area contributed by atoms with Crippen LogP contribution in [-0.2, 0) is 9.84 Å². The average molecular weight is 370 g/mol. The summed E-state index contributed by atoms with van der Waals surface area (Å²) < 4.78 is 25.5. The van der Waals surface area contributed by atoms with Gasteiger partial charge in [-0.1, -0.05) is 29.8 Å². The molecule has 21 heavy (non-hydrogen) atoms. The fourth-order valence-corrected chi connectivity index (χ4v) is 6.06. The molecule has 1 fully saturated rings. The molecule has 0 bridgehead atoms. The summed E-state index contributed by atoms with van der Waals surface area (Å²) in [6.07, 6.45) is 3.52. The molecule has 1 aliphatic rings. The molecule has 2 atom stereocenters. The molecule has 0 amide bonds. The number of H-pyrrole nitrogens is 1. The van der Waals surface area contributed by atoms with Gasteiger partial charge in [0.15, 0.2) is 9.84 Å². The SMILES string of the molecule is CC(C)[C@H]1C[C@@H](c2c[nH]c3ccc(Br)cc23)CCS1(=O)=O. The highest BCUT2D eigenvalue weighted by molar-refractivity contribution is 9.10. The zero-order valence-electron chi connectivity index (χ0n) is 12.3. The molecule has 114 valence electrons. The van der Waals surface area contributed by atoms with Crippen LogP contribution in [0.3, 0.4) is 0 Å². The first kappa shape index (κ1) is 15.1. The van der Waals surface area contributed by atoms with Gasteiger partial charge in [0.1, 0.15) is 0 Å². The summed E-state index contributed by atoms with van der Waals surface area (Å²) in [4.78, 5) is 3.31. The summed E-state index contributed by atoms with van der Waals surface area (Å²) in [5.74, 6) is 0.806. The van der Waals surface area contributed by atoms with Crippen molar-refractivity contribution < 1.29 is 8.42 Å². The second-order valence-corrected chi connectivity index (χ2v) is 9.56. The van der Waals surface area contributed by atoms with Gasteiger partial charge in [0.25, 0.3) is 0 Å². The van der Waals surface area contributed by atoms with Gasteiger partial charge in [-0.25, -0.2) is 8.42 Å². The van der Waals surface area contributed by atoms with Crippen LogP contribution in [0, 0.1) is 5.92 Å². The molecule has 2 aromatic rings. The van der Waals surface area contributed by atoms with Crippen molar-refractivity contribution in [1.82, 2.24) is 4.98 Å². The number of nitrogens with one attached hydrogen (secondary N) is 1. The molecule has 0 saturated carbocycles. The third kappa shape index (κ3) is 2.78. The maximum Gasteiger partial charge on any atom is 0.153 e. The molecule has 1 aromatic carbocycles. The van der Waals surface area contributed by atoms with Gasteiger partial charge in [0, 0.05) is 21.6 Å². The molecule has 5 heteroatoms. The van der Waals surface area contributed by atoms with E-state index in [1.807, 2.05) is 19.9 Å². The first-order valence-corrected chi connectivity index (χ1v) is 9.87. The van der Waals surface area contributed by atoms with E-state index in [4.69, 9.17) is 0 Å². The fourth-order valence-electron chi connectivity index (χ4n) is 3.42.